The average Bonchev–Trinajstić information content (AvgIpc) is 3.25. The van der Waals surface area contributed by atoms with Gasteiger partial charge in [0.2, 0.25) is 0 Å². The standard InChI is InChI=1S/C60H81N3O12/c1-55(2,3)46-37(19-25-40(64)49(46)58(10,11)12)22-28-43(67)73-34-31-61-52(70)62(32-35-74-44(68)29-23-38-20-26-41(65)50(59(13,14)15)47(38)56(4,5)6)54(72)63(53(61)71)33-36-75-45(69)30-24-39-21-27-42(66)51(60(16,17)18)48(39)57(7,8)9/h19-30,64-66H,31-36H2,1-18H3/b28-22+,29-23+,30-24+. The van der Waals surface area contributed by atoms with Gasteiger partial charge in [0.25, 0.3) is 0 Å². The Bertz CT molecular complexity index is 2710. The number of carbonyl (C=O) groups is 3. The third-order valence-electron chi connectivity index (χ3n) is 12.4. The summed E-state index contributed by atoms with van der Waals surface area (Å²) in [5, 5.41) is 32.6. The minimum absolute atomic E-state index is 0.139. The molecule has 408 valence electrons. The van der Waals surface area contributed by atoms with Crippen LogP contribution in [0.4, 0.5) is 0 Å². The van der Waals surface area contributed by atoms with Crippen LogP contribution in [-0.2, 0) is 80.7 Å². The van der Waals surface area contributed by atoms with Crippen LogP contribution < -0.4 is 17.1 Å². The van der Waals surface area contributed by atoms with E-state index in [4.69, 9.17) is 14.2 Å². The molecule has 0 saturated heterocycles. The normalized spacial score (nSPS) is 13.0. The first-order valence-electron chi connectivity index (χ1n) is 25.4. The first-order valence-corrected chi connectivity index (χ1v) is 25.4. The minimum Gasteiger partial charge on any atom is -0.508 e. The van der Waals surface area contributed by atoms with Gasteiger partial charge in [0.1, 0.15) is 37.1 Å². The van der Waals surface area contributed by atoms with Gasteiger partial charge in [0, 0.05) is 34.9 Å². The second-order valence-corrected chi connectivity index (χ2v) is 25.1. The summed E-state index contributed by atoms with van der Waals surface area (Å²) in [6, 6.07) is 9.87. The van der Waals surface area contributed by atoms with Crippen molar-refractivity contribution in [2.75, 3.05) is 19.8 Å². The highest BCUT2D eigenvalue weighted by Crippen LogP contribution is 2.44. The van der Waals surface area contributed by atoms with Gasteiger partial charge in [-0.15, -0.1) is 0 Å². The highest BCUT2D eigenvalue weighted by molar-refractivity contribution is 5.89. The molecule has 75 heavy (non-hydrogen) atoms. The maximum atomic E-state index is 13.9. The summed E-state index contributed by atoms with van der Waals surface area (Å²) in [5.74, 6) is -1.93. The smallest absolute Gasteiger partial charge is 0.336 e. The quantitative estimate of drug-likeness (QED) is 0.0578. The fourth-order valence-electron chi connectivity index (χ4n) is 9.53. The largest absolute Gasteiger partial charge is 0.508 e. The van der Waals surface area contributed by atoms with Gasteiger partial charge in [-0.05, 0) is 102 Å². The lowest BCUT2D eigenvalue weighted by atomic mass is 9.72. The molecule has 0 amide bonds. The predicted molar refractivity (Wildman–Crippen MR) is 296 cm³/mol. The summed E-state index contributed by atoms with van der Waals surface area (Å²) in [6.07, 6.45) is 8.39. The van der Waals surface area contributed by atoms with Gasteiger partial charge < -0.3 is 29.5 Å². The van der Waals surface area contributed by atoms with Crippen LogP contribution in [0, 0.1) is 0 Å². The van der Waals surface area contributed by atoms with Gasteiger partial charge in [-0.2, -0.15) is 0 Å². The Morgan fingerprint density at radius 1 is 0.373 bits per heavy atom. The van der Waals surface area contributed by atoms with E-state index in [-0.39, 0.29) is 17.2 Å². The summed E-state index contributed by atoms with van der Waals surface area (Å²) in [5.41, 5.74) is 1.15. The number of phenolic OH excluding ortho intramolecular Hbond substituents is 3. The van der Waals surface area contributed by atoms with Crippen LogP contribution >= 0.6 is 0 Å². The Kier molecular flexibility index (Phi) is 18.5. The molecule has 0 aliphatic heterocycles. The van der Waals surface area contributed by atoms with Crippen molar-refractivity contribution in [3.63, 3.8) is 0 Å². The molecule has 1 aromatic heterocycles. The second kappa shape index (κ2) is 22.9. The zero-order valence-electron chi connectivity index (χ0n) is 47.5. The number of hydrogen-bond acceptors (Lipinski definition) is 12. The molecule has 0 spiro atoms. The Morgan fingerprint density at radius 3 is 0.760 bits per heavy atom. The summed E-state index contributed by atoms with van der Waals surface area (Å²) >= 11 is 0. The molecule has 0 bridgehead atoms. The number of ether oxygens (including phenoxy) is 3. The lowest BCUT2D eigenvalue weighted by Gasteiger charge is -2.32. The fraction of sp³-hybridized carbons (Fsp3) is 0.500. The molecular formula is C60H81N3O12. The predicted octanol–water partition coefficient (Wildman–Crippen LogP) is 9.84. The number of phenols is 3. The summed E-state index contributed by atoms with van der Waals surface area (Å²) in [6.45, 7) is 33.2. The molecular weight excluding hydrogens is 955 g/mol. The SMILES string of the molecule is CC(C)(C)c1c(O)ccc(/C=C/C(=O)OCCn2c(=O)n(CCOC(=O)/C=C/c3ccc(O)c(C(C)(C)C)c3C(C)(C)C)c(=O)n(CCOC(=O)/C=C/c3ccc(O)c(C(C)(C)C)c3C(C)(C)C)c2=O)c1C(C)(C)C. The molecule has 0 radical (unpaired) electrons. The van der Waals surface area contributed by atoms with Crippen molar-refractivity contribution in [1.29, 1.82) is 0 Å². The Hall–Kier alpha value is -6.90. The first-order chi connectivity index (χ1) is 34.3. The number of hydrogen-bond donors (Lipinski definition) is 3. The van der Waals surface area contributed by atoms with Crippen LogP contribution in [0.25, 0.3) is 18.2 Å². The van der Waals surface area contributed by atoms with Crippen LogP contribution in [0.15, 0.2) is 69.0 Å². The molecule has 0 aliphatic rings. The molecule has 4 aromatic rings. The third-order valence-corrected chi connectivity index (χ3v) is 12.4. The van der Waals surface area contributed by atoms with E-state index in [9.17, 15) is 44.1 Å². The Labute approximate surface area is 442 Å². The lowest BCUT2D eigenvalue weighted by molar-refractivity contribution is -0.138. The van der Waals surface area contributed by atoms with E-state index in [1.807, 2.05) is 125 Å². The Morgan fingerprint density at radius 2 is 0.573 bits per heavy atom. The van der Waals surface area contributed by atoms with Crippen molar-refractivity contribution < 1.29 is 43.9 Å². The molecule has 0 atom stereocenters. The number of aromatic hydroxyl groups is 3. The lowest BCUT2D eigenvalue weighted by Crippen LogP contribution is -2.55. The van der Waals surface area contributed by atoms with Crippen LogP contribution in [0.3, 0.4) is 0 Å². The summed E-state index contributed by atoms with van der Waals surface area (Å²) < 4.78 is 18.5. The number of esters is 3. The molecule has 3 N–H and O–H groups in total. The van der Waals surface area contributed by atoms with E-state index in [1.54, 1.807) is 54.6 Å². The average molecular weight is 1040 g/mol. The van der Waals surface area contributed by atoms with Crippen molar-refractivity contribution in [3.8, 4) is 17.2 Å². The second-order valence-electron chi connectivity index (χ2n) is 25.1. The summed E-state index contributed by atoms with van der Waals surface area (Å²) in [4.78, 5) is 81.2. The zero-order valence-corrected chi connectivity index (χ0v) is 47.5. The number of rotatable bonds is 15. The molecule has 15 nitrogen and oxygen atoms in total. The van der Waals surface area contributed by atoms with Crippen LogP contribution in [0.2, 0.25) is 0 Å². The van der Waals surface area contributed by atoms with E-state index in [0.717, 1.165) is 33.4 Å². The zero-order chi connectivity index (χ0) is 57.0. The molecule has 0 fully saturated rings. The Balaban J connectivity index is 1.64. The molecule has 4 rings (SSSR count). The summed E-state index contributed by atoms with van der Waals surface area (Å²) in [7, 11) is 0. The molecule has 0 unspecified atom stereocenters. The molecule has 15 heteroatoms. The maximum absolute atomic E-state index is 13.9. The van der Waals surface area contributed by atoms with Crippen LogP contribution in [0.5, 0.6) is 17.2 Å². The van der Waals surface area contributed by atoms with Gasteiger partial charge in [0.05, 0.1) is 19.6 Å². The maximum Gasteiger partial charge on any atom is 0.336 e. The van der Waals surface area contributed by atoms with E-state index >= 15 is 0 Å². The highest BCUT2D eigenvalue weighted by atomic mass is 16.5. The van der Waals surface area contributed by atoms with E-state index < -0.39 is 107 Å². The number of nitrogens with zero attached hydrogens (tertiary/aromatic N) is 3. The first kappa shape index (κ1) is 60.7. The van der Waals surface area contributed by atoms with Crippen molar-refractivity contribution in [1.82, 2.24) is 13.7 Å². The fourth-order valence-corrected chi connectivity index (χ4v) is 9.53. The van der Waals surface area contributed by atoms with Gasteiger partial charge in [-0.3, -0.25) is 0 Å². The molecule has 1 heterocycles. The molecule has 0 aliphatic carbocycles. The topological polar surface area (TPSA) is 206 Å². The van der Waals surface area contributed by atoms with Crippen molar-refractivity contribution in [2.45, 2.75) is 177 Å². The third kappa shape index (κ3) is 15.1. The van der Waals surface area contributed by atoms with Gasteiger partial charge in [-0.1, -0.05) is 143 Å². The van der Waals surface area contributed by atoms with E-state index in [0.29, 0.717) is 30.4 Å². The number of benzene rings is 3. The van der Waals surface area contributed by atoms with Gasteiger partial charge in [-0.25, -0.2) is 42.5 Å². The molecule has 3 aromatic carbocycles. The van der Waals surface area contributed by atoms with Crippen molar-refractivity contribution >= 4 is 36.1 Å². The van der Waals surface area contributed by atoms with Gasteiger partial charge in [0.15, 0.2) is 0 Å². The number of carbonyl (C=O) groups excluding carboxylic acids is 3. The highest BCUT2D eigenvalue weighted by Gasteiger charge is 2.33. The van der Waals surface area contributed by atoms with Crippen molar-refractivity contribution in [2.24, 2.45) is 0 Å². The number of aromatic nitrogens is 3. The van der Waals surface area contributed by atoms with Crippen molar-refractivity contribution in [3.05, 3.63) is 136 Å². The van der Waals surface area contributed by atoms with Crippen LogP contribution in [-0.4, -0.2) is 66.7 Å². The monoisotopic (exact) mass is 1040 g/mol. The minimum atomic E-state index is -1.06. The van der Waals surface area contributed by atoms with Crippen LogP contribution in [0.1, 0.15) is 175 Å². The van der Waals surface area contributed by atoms with E-state index in [1.165, 1.54) is 18.2 Å². The molecule has 0 saturated carbocycles. The van der Waals surface area contributed by atoms with Gasteiger partial charge >= 0.3 is 35.0 Å². The van der Waals surface area contributed by atoms with E-state index in [2.05, 4.69) is 0 Å².